The van der Waals surface area contributed by atoms with Gasteiger partial charge in [-0.15, -0.1) is 0 Å². The van der Waals surface area contributed by atoms with Crippen LogP contribution >= 0.6 is 31.9 Å². The summed E-state index contributed by atoms with van der Waals surface area (Å²) in [6.07, 6.45) is -0.627. The SMILES string of the molecule is CC(O)C(C)(C)NC(=O)c1cc(Br)ccc1Br. The molecule has 0 aromatic heterocycles. The van der Waals surface area contributed by atoms with E-state index in [2.05, 4.69) is 37.2 Å². The Morgan fingerprint density at radius 2 is 2.00 bits per heavy atom. The monoisotopic (exact) mass is 363 g/mol. The Kier molecular flexibility index (Phi) is 4.75. The van der Waals surface area contributed by atoms with Gasteiger partial charge < -0.3 is 10.4 Å². The van der Waals surface area contributed by atoms with E-state index in [1.54, 1.807) is 32.9 Å². The van der Waals surface area contributed by atoms with Gasteiger partial charge >= 0.3 is 0 Å². The van der Waals surface area contributed by atoms with Crippen LogP contribution in [0.5, 0.6) is 0 Å². The van der Waals surface area contributed by atoms with Gasteiger partial charge in [-0.3, -0.25) is 4.79 Å². The summed E-state index contributed by atoms with van der Waals surface area (Å²) < 4.78 is 1.56. The summed E-state index contributed by atoms with van der Waals surface area (Å²) in [5.41, 5.74) is -0.133. The first-order chi connectivity index (χ1) is 7.74. The third-order valence-corrected chi connectivity index (χ3v) is 3.84. The summed E-state index contributed by atoms with van der Waals surface area (Å²) in [6, 6.07) is 5.38. The third kappa shape index (κ3) is 3.79. The van der Waals surface area contributed by atoms with Crippen molar-refractivity contribution >= 4 is 37.8 Å². The minimum Gasteiger partial charge on any atom is -0.391 e. The molecule has 0 saturated heterocycles. The lowest BCUT2D eigenvalue weighted by Crippen LogP contribution is -2.51. The van der Waals surface area contributed by atoms with Crippen LogP contribution in [0.3, 0.4) is 0 Å². The second-order valence-corrected chi connectivity index (χ2v) is 6.25. The molecule has 0 saturated carbocycles. The van der Waals surface area contributed by atoms with E-state index in [-0.39, 0.29) is 5.91 Å². The highest BCUT2D eigenvalue weighted by atomic mass is 79.9. The molecule has 5 heteroatoms. The molecule has 0 fully saturated rings. The topological polar surface area (TPSA) is 49.3 Å². The lowest BCUT2D eigenvalue weighted by Gasteiger charge is -2.29. The third-order valence-electron chi connectivity index (χ3n) is 2.65. The smallest absolute Gasteiger partial charge is 0.252 e. The molecule has 0 aliphatic carbocycles. The molecule has 0 aliphatic rings. The predicted octanol–water partition coefficient (Wildman–Crippen LogP) is 3.10. The summed E-state index contributed by atoms with van der Waals surface area (Å²) in [4.78, 5) is 12.1. The average Bonchev–Trinajstić information content (AvgIpc) is 2.20. The highest BCUT2D eigenvalue weighted by Gasteiger charge is 2.27. The zero-order valence-electron chi connectivity index (χ0n) is 9.92. The summed E-state index contributed by atoms with van der Waals surface area (Å²) in [6.45, 7) is 5.21. The number of halogens is 2. The van der Waals surface area contributed by atoms with Crippen molar-refractivity contribution in [3.8, 4) is 0 Å². The van der Waals surface area contributed by atoms with Crippen LogP contribution in [0.15, 0.2) is 27.1 Å². The lowest BCUT2D eigenvalue weighted by atomic mass is 9.98. The fraction of sp³-hybridized carbons (Fsp3) is 0.417. The van der Waals surface area contributed by atoms with Crippen LogP contribution in [-0.4, -0.2) is 22.7 Å². The fourth-order valence-corrected chi connectivity index (χ4v) is 1.92. The van der Waals surface area contributed by atoms with Gasteiger partial charge in [0, 0.05) is 8.95 Å². The van der Waals surface area contributed by atoms with Crippen molar-refractivity contribution < 1.29 is 9.90 Å². The highest BCUT2D eigenvalue weighted by Crippen LogP contribution is 2.22. The van der Waals surface area contributed by atoms with Crippen molar-refractivity contribution in [1.29, 1.82) is 0 Å². The van der Waals surface area contributed by atoms with Crippen molar-refractivity contribution in [3.63, 3.8) is 0 Å². The molecule has 2 N–H and O–H groups in total. The summed E-state index contributed by atoms with van der Waals surface area (Å²) >= 11 is 6.65. The minimum absolute atomic E-state index is 0.218. The van der Waals surface area contributed by atoms with Crippen molar-refractivity contribution in [1.82, 2.24) is 5.32 Å². The molecule has 0 bridgehead atoms. The second-order valence-electron chi connectivity index (χ2n) is 4.48. The van der Waals surface area contributed by atoms with Crippen LogP contribution in [0.2, 0.25) is 0 Å². The molecule has 1 amide bonds. The molecule has 0 heterocycles. The van der Waals surface area contributed by atoms with E-state index in [0.29, 0.717) is 5.56 Å². The van der Waals surface area contributed by atoms with E-state index in [0.717, 1.165) is 8.95 Å². The van der Waals surface area contributed by atoms with E-state index in [4.69, 9.17) is 0 Å². The Morgan fingerprint density at radius 3 is 2.53 bits per heavy atom. The van der Waals surface area contributed by atoms with Gasteiger partial charge in [0.05, 0.1) is 17.2 Å². The second kappa shape index (κ2) is 5.50. The van der Waals surface area contributed by atoms with Gasteiger partial charge in [-0.05, 0) is 54.9 Å². The molecule has 17 heavy (non-hydrogen) atoms. The van der Waals surface area contributed by atoms with Crippen LogP contribution in [0, 0.1) is 0 Å². The van der Waals surface area contributed by atoms with Crippen LogP contribution in [-0.2, 0) is 0 Å². The summed E-state index contributed by atoms with van der Waals surface area (Å²) in [5.74, 6) is -0.218. The maximum absolute atomic E-state index is 12.1. The first-order valence-corrected chi connectivity index (χ1v) is 6.78. The normalized spacial score (nSPS) is 13.3. The van der Waals surface area contributed by atoms with Crippen molar-refractivity contribution in [2.45, 2.75) is 32.4 Å². The summed E-state index contributed by atoms with van der Waals surface area (Å²) in [5, 5.41) is 12.4. The van der Waals surface area contributed by atoms with Crippen LogP contribution in [0.4, 0.5) is 0 Å². The molecular formula is C12H15Br2NO2. The maximum Gasteiger partial charge on any atom is 0.252 e. The maximum atomic E-state index is 12.1. The van der Waals surface area contributed by atoms with E-state index < -0.39 is 11.6 Å². The first-order valence-electron chi connectivity index (χ1n) is 5.19. The van der Waals surface area contributed by atoms with Gasteiger partial charge in [0.15, 0.2) is 0 Å². The molecule has 1 aromatic carbocycles. The van der Waals surface area contributed by atoms with Gasteiger partial charge in [0.25, 0.3) is 5.91 Å². The van der Waals surface area contributed by atoms with Gasteiger partial charge in [0.2, 0.25) is 0 Å². The molecule has 1 atom stereocenters. The molecule has 1 aromatic rings. The number of nitrogens with one attached hydrogen (secondary N) is 1. The Balaban J connectivity index is 2.94. The number of benzene rings is 1. The number of hydrogen-bond acceptors (Lipinski definition) is 2. The largest absolute Gasteiger partial charge is 0.391 e. The summed E-state index contributed by atoms with van der Waals surface area (Å²) in [7, 11) is 0. The Bertz CT molecular complexity index is 431. The van der Waals surface area contributed by atoms with Gasteiger partial charge in [0.1, 0.15) is 0 Å². The zero-order valence-corrected chi connectivity index (χ0v) is 13.1. The number of carbonyl (C=O) groups excluding carboxylic acids is 1. The average molecular weight is 365 g/mol. The van der Waals surface area contributed by atoms with Crippen LogP contribution in [0.1, 0.15) is 31.1 Å². The van der Waals surface area contributed by atoms with E-state index >= 15 is 0 Å². The standard InChI is InChI=1S/C12H15Br2NO2/c1-7(16)12(2,3)15-11(17)9-6-8(13)4-5-10(9)14/h4-7,16H,1-3H3,(H,15,17). The molecule has 1 unspecified atom stereocenters. The van der Waals surface area contributed by atoms with Crippen molar-refractivity contribution in [2.75, 3.05) is 0 Å². The number of rotatable bonds is 3. The Labute approximate surface area is 118 Å². The zero-order chi connectivity index (χ0) is 13.2. The molecule has 3 nitrogen and oxygen atoms in total. The lowest BCUT2D eigenvalue weighted by molar-refractivity contribution is 0.0708. The van der Waals surface area contributed by atoms with Crippen molar-refractivity contribution in [3.05, 3.63) is 32.7 Å². The van der Waals surface area contributed by atoms with Gasteiger partial charge in [-0.25, -0.2) is 0 Å². The number of aliphatic hydroxyl groups excluding tert-OH is 1. The highest BCUT2D eigenvalue weighted by molar-refractivity contribution is 9.11. The number of carbonyl (C=O) groups is 1. The van der Waals surface area contributed by atoms with Gasteiger partial charge in [-0.1, -0.05) is 15.9 Å². The molecule has 94 valence electrons. The Hall–Kier alpha value is -0.390. The molecule has 1 rings (SSSR count). The fourth-order valence-electron chi connectivity index (χ4n) is 1.14. The van der Waals surface area contributed by atoms with E-state index in [1.807, 2.05) is 6.07 Å². The minimum atomic E-state index is -0.668. The molecule has 0 spiro atoms. The van der Waals surface area contributed by atoms with Crippen molar-refractivity contribution in [2.24, 2.45) is 0 Å². The predicted molar refractivity (Wildman–Crippen MR) is 75.1 cm³/mol. The van der Waals surface area contributed by atoms with Crippen LogP contribution < -0.4 is 5.32 Å². The molecular weight excluding hydrogens is 350 g/mol. The first kappa shape index (κ1) is 14.7. The quantitative estimate of drug-likeness (QED) is 0.865. The van der Waals surface area contributed by atoms with E-state index in [1.165, 1.54) is 0 Å². The molecule has 0 radical (unpaired) electrons. The Morgan fingerprint density at radius 1 is 1.41 bits per heavy atom. The van der Waals surface area contributed by atoms with Crippen LogP contribution in [0.25, 0.3) is 0 Å². The number of amides is 1. The van der Waals surface area contributed by atoms with Gasteiger partial charge in [-0.2, -0.15) is 0 Å². The van der Waals surface area contributed by atoms with E-state index in [9.17, 15) is 9.90 Å². The number of hydrogen-bond donors (Lipinski definition) is 2. The molecule has 0 aliphatic heterocycles. The number of aliphatic hydroxyl groups is 1.